The van der Waals surface area contributed by atoms with Crippen LogP contribution in [0.5, 0.6) is 0 Å². The Morgan fingerprint density at radius 3 is 2.89 bits per heavy atom. The van der Waals surface area contributed by atoms with Crippen LogP contribution in [0.2, 0.25) is 0 Å². The number of Topliss-reactive ketones (excluding diaryl/α,β-unsaturated/α-hetero) is 1. The highest BCUT2D eigenvalue weighted by Gasteiger charge is 2.30. The van der Waals surface area contributed by atoms with Gasteiger partial charge in [-0.25, -0.2) is 4.98 Å². The summed E-state index contributed by atoms with van der Waals surface area (Å²) in [6, 6.07) is 0. The Hall–Kier alpha value is -0.770. The number of carbonyl (C=O) groups excluding carboxylic acids is 1. The Morgan fingerprint density at radius 1 is 1.44 bits per heavy atom. The first-order valence-corrected chi connectivity index (χ1v) is 7.82. The third kappa shape index (κ3) is 2.97. The van der Waals surface area contributed by atoms with E-state index >= 15 is 0 Å². The normalized spacial score (nSPS) is 20.8. The van der Waals surface area contributed by atoms with Crippen molar-refractivity contribution in [3.8, 4) is 0 Å². The lowest BCUT2D eigenvalue weighted by atomic mass is 9.86. The number of hydrogen-bond donors (Lipinski definition) is 0. The van der Waals surface area contributed by atoms with Gasteiger partial charge in [-0.15, -0.1) is 0 Å². The van der Waals surface area contributed by atoms with Crippen molar-refractivity contribution in [2.75, 3.05) is 5.75 Å². The first kappa shape index (κ1) is 13.7. The highest BCUT2D eigenvalue weighted by molar-refractivity contribution is 7.99. The average molecular weight is 267 g/mol. The Labute approximate surface area is 113 Å². The van der Waals surface area contributed by atoms with Crippen LogP contribution < -0.4 is 0 Å². The maximum atomic E-state index is 12.0. The monoisotopic (exact) mass is 267 g/mol. The molecule has 0 amide bonds. The molecule has 1 aromatic rings. The van der Waals surface area contributed by atoms with Gasteiger partial charge in [-0.05, 0) is 18.1 Å². The second-order valence-corrected chi connectivity index (χ2v) is 6.65. The van der Waals surface area contributed by atoms with Crippen molar-refractivity contribution in [3.63, 3.8) is 0 Å². The molecule has 3 nitrogen and oxygen atoms in total. The summed E-state index contributed by atoms with van der Waals surface area (Å²) in [5.41, 5.74) is 0.596. The molecule has 1 aliphatic rings. The number of oxazole rings is 1. The van der Waals surface area contributed by atoms with Crippen molar-refractivity contribution in [2.24, 2.45) is 5.92 Å². The molecule has 0 bridgehead atoms. The van der Waals surface area contributed by atoms with E-state index in [1.807, 2.05) is 18.7 Å². The lowest BCUT2D eigenvalue weighted by Crippen LogP contribution is -2.22. The molecule has 1 aliphatic carbocycles. The van der Waals surface area contributed by atoms with E-state index in [0.29, 0.717) is 29.2 Å². The smallest absolute Gasteiger partial charge is 0.194 e. The van der Waals surface area contributed by atoms with E-state index in [1.165, 1.54) is 0 Å². The maximum Gasteiger partial charge on any atom is 0.194 e. The molecule has 0 radical (unpaired) electrons. The van der Waals surface area contributed by atoms with E-state index < -0.39 is 0 Å². The molecule has 2 rings (SSSR count). The van der Waals surface area contributed by atoms with Crippen molar-refractivity contribution in [3.05, 3.63) is 17.3 Å². The van der Waals surface area contributed by atoms with Crippen LogP contribution in [-0.2, 0) is 12.8 Å². The molecule has 0 spiro atoms. The van der Waals surface area contributed by atoms with Crippen LogP contribution in [0, 0.1) is 5.92 Å². The Balaban J connectivity index is 2.05. The summed E-state index contributed by atoms with van der Waals surface area (Å²) in [5, 5.41) is 0.614. The Morgan fingerprint density at radius 2 is 2.22 bits per heavy atom. The molecule has 0 N–H and O–H groups in total. The van der Waals surface area contributed by atoms with E-state index in [-0.39, 0.29) is 5.78 Å². The van der Waals surface area contributed by atoms with Crippen LogP contribution in [0.1, 0.15) is 55.8 Å². The van der Waals surface area contributed by atoms with Gasteiger partial charge in [0.1, 0.15) is 11.5 Å². The maximum absolute atomic E-state index is 12.0. The summed E-state index contributed by atoms with van der Waals surface area (Å²) in [5.74, 6) is 3.25. The molecule has 2 atom stereocenters. The number of aryl methyl sites for hydroxylation is 1. The summed E-state index contributed by atoms with van der Waals surface area (Å²) in [4.78, 5) is 16.3. The summed E-state index contributed by atoms with van der Waals surface area (Å²) in [6.45, 7) is 6.42. The van der Waals surface area contributed by atoms with Gasteiger partial charge in [-0.1, -0.05) is 20.8 Å². The number of fused-ring (bicyclic) bond motifs is 1. The fraction of sp³-hybridized carbons (Fsp3) is 0.714. The standard InChI is InChI=1S/C14H21NO2S/c1-4-13-15-14-11(16)7-10(8-12(14)17-13)6-9(3)18-5-2/h9-10H,4-8H2,1-3H3/t9-,10+/m0/s1. The summed E-state index contributed by atoms with van der Waals surface area (Å²) in [6.07, 6.45) is 3.36. The number of ketones is 1. The number of nitrogens with zero attached hydrogens (tertiary/aromatic N) is 1. The third-order valence-electron chi connectivity index (χ3n) is 3.37. The predicted octanol–water partition coefficient (Wildman–Crippen LogP) is 3.51. The molecule has 0 unspecified atom stereocenters. The van der Waals surface area contributed by atoms with Crippen LogP contribution in [0.25, 0.3) is 0 Å². The summed E-state index contributed by atoms with van der Waals surface area (Å²) >= 11 is 1.96. The molecule has 18 heavy (non-hydrogen) atoms. The number of hydrogen-bond acceptors (Lipinski definition) is 4. The summed E-state index contributed by atoms with van der Waals surface area (Å²) in [7, 11) is 0. The lowest BCUT2D eigenvalue weighted by molar-refractivity contribution is 0.0937. The average Bonchev–Trinajstić information content (AvgIpc) is 2.72. The zero-order chi connectivity index (χ0) is 13.1. The molecule has 1 aromatic heterocycles. The summed E-state index contributed by atoms with van der Waals surface area (Å²) < 4.78 is 5.66. The van der Waals surface area contributed by atoms with Gasteiger partial charge in [-0.2, -0.15) is 11.8 Å². The quantitative estimate of drug-likeness (QED) is 0.818. The van der Waals surface area contributed by atoms with Crippen molar-refractivity contribution in [1.29, 1.82) is 0 Å². The van der Waals surface area contributed by atoms with E-state index in [2.05, 4.69) is 18.8 Å². The molecular formula is C14H21NO2S. The molecule has 0 aromatic carbocycles. The van der Waals surface area contributed by atoms with Gasteiger partial charge in [0.2, 0.25) is 0 Å². The van der Waals surface area contributed by atoms with Gasteiger partial charge in [0.05, 0.1) is 0 Å². The first-order valence-electron chi connectivity index (χ1n) is 6.77. The molecule has 0 aliphatic heterocycles. The minimum atomic E-state index is 0.165. The topological polar surface area (TPSA) is 43.1 Å². The Bertz CT molecular complexity index is 427. The molecule has 1 heterocycles. The molecule has 100 valence electrons. The zero-order valence-electron chi connectivity index (χ0n) is 11.4. The second-order valence-electron chi connectivity index (χ2n) is 4.93. The molecular weight excluding hydrogens is 246 g/mol. The van der Waals surface area contributed by atoms with Gasteiger partial charge >= 0.3 is 0 Å². The Kier molecular flexibility index (Phi) is 4.49. The fourth-order valence-corrected chi connectivity index (χ4v) is 3.57. The number of carbonyl (C=O) groups is 1. The van der Waals surface area contributed by atoms with Crippen molar-refractivity contribution >= 4 is 17.5 Å². The lowest BCUT2D eigenvalue weighted by Gasteiger charge is -2.22. The van der Waals surface area contributed by atoms with Gasteiger partial charge in [0, 0.05) is 24.5 Å². The van der Waals surface area contributed by atoms with Gasteiger partial charge < -0.3 is 4.42 Å². The minimum Gasteiger partial charge on any atom is -0.445 e. The first-order chi connectivity index (χ1) is 8.63. The number of rotatable bonds is 5. The van der Waals surface area contributed by atoms with Crippen LogP contribution in [0.3, 0.4) is 0 Å². The second kappa shape index (κ2) is 5.91. The van der Waals surface area contributed by atoms with Crippen LogP contribution in [0.15, 0.2) is 4.42 Å². The number of thioether (sulfide) groups is 1. The van der Waals surface area contributed by atoms with Crippen LogP contribution >= 0.6 is 11.8 Å². The minimum absolute atomic E-state index is 0.165. The van der Waals surface area contributed by atoms with Gasteiger partial charge in [0.15, 0.2) is 11.7 Å². The van der Waals surface area contributed by atoms with Gasteiger partial charge in [0.25, 0.3) is 0 Å². The number of aromatic nitrogens is 1. The van der Waals surface area contributed by atoms with Crippen molar-refractivity contribution < 1.29 is 9.21 Å². The predicted molar refractivity (Wildman–Crippen MR) is 74.2 cm³/mol. The highest BCUT2D eigenvalue weighted by Crippen LogP contribution is 2.31. The molecule has 0 saturated heterocycles. The van der Waals surface area contributed by atoms with Crippen molar-refractivity contribution in [2.45, 2.75) is 51.7 Å². The van der Waals surface area contributed by atoms with E-state index in [9.17, 15) is 4.79 Å². The largest absolute Gasteiger partial charge is 0.445 e. The molecule has 0 saturated carbocycles. The zero-order valence-corrected chi connectivity index (χ0v) is 12.2. The molecule has 0 fully saturated rings. The van der Waals surface area contributed by atoms with Crippen LogP contribution in [0.4, 0.5) is 0 Å². The molecule has 4 heteroatoms. The van der Waals surface area contributed by atoms with E-state index in [4.69, 9.17) is 4.42 Å². The van der Waals surface area contributed by atoms with Crippen molar-refractivity contribution in [1.82, 2.24) is 4.98 Å². The SMILES string of the molecule is CCS[C@@H](C)C[C@@H]1CC(=O)c2nc(CC)oc2C1. The van der Waals surface area contributed by atoms with E-state index in [1.54, 1.807) is 0 Å². The fourth-order valence-electron chi connectivity index (χ4n) is 2.59. The van der Waals surface area contributed by atoms with Gasteiger partial charge in [-0.3, -0.25) is 4.79 Å². The van der Waals surface area contributed by atoms with Crippen LogP contribution in [-0.4, -0.2) is 21.8 Å². The third-order valence-corrected chi connectivity index (χ3v) is 4.47. The highest BCUT2D eigenvalue weighted by atomic mass is 32.2. The van der Waals surface area contributed by atoms with E-state index in [0.717, 1.165) is 30.8 Å².